The van der Waals surface area contributed by atoms with Crippen LogP contribution >= 0.6 is 11.3 Å². The molecule has 1 N–H and O–H groups in total. The van der Waals surface area contributed by atoms with E-state index in [1.165, 1.54) is 34.5 Å². The second-order valence-corrected chi connectivity index (χ2v) is 6.14. The van der Waals surface area contributed by atoms with Gasteiger partial charge in [-0.05, 0) is 54.9 Å². The molecule has 1 aliphatic carbocycles. The van der Waals surface area contributed by atoms with E-state index in [1.807, 2.05) is 17.5 Å². The number of likely N-dealkylation sites (N-methyl/N-ethyl adjacent to an activating group) is 1. The summed E-state index contributed by atoms with van der Waals surface area (Å²) >= 11 is 1.87. The summed E-state index contributed by atoms with van der Waals surface area (Å²) in [6.07, 6.45) is 4.31. The molecule has 0 aliphatic heterocycles. The molecule has 19 heavy (non-hydrogen) atoms. The van der Waals surface area contributed by atoms with Crippen LogP contribution < -0.4 is 5.32 Å². The van der Waals surface area contributed by atoms with Crippen molar-refractivity contribution in [3.63, 3.8) is 0 Å². The molecule has 2 aromatic rings. The minimum absolute atomic E-state index is 0.418. The van der Waals surface area contributed by atoms with Crippen LogP contribution in [0.3, 0.4) is 0 Å². The second kappa shape index (κ2) is 5.43. The standard InChI is InChI=1S/C16H20N2S/c1-3-17-15(16-11(2)8-10-19-16)13-7-6-12-5-4-9-18-14(12)13/h4-5,8-10,13,15,17H,3,6-7H2,1-2H3. The summed E-state index contributed by atoms with van der Waals surface area (Å²) in [6.45, 7) is 5.40. The zero-order valence-electron chi connectivity index (χ0n) is 11.5. The molecule has 1 aliphatic rings. The third-order valence-electron chi connectivity index (χ3n) is 4.01. The molecule has 0 fully saturated rings. The van der Waals surface area contributed by atoms with Gasteiger partial charge >= 0.3 is 0 Å². The van der Waals surface area contributed by atoms with Gasteiger partial charge in [0, 0.05) is 22.7 Å². The molecule has 0 spiro atoms. The van der Waals surface area contributed by atoms with E-state index >= 15 is 0 Å². The number of aryl methyl sites for hydroxylation is 2. The Labute approximate surface area is 118 Å². The first-order valence-electron chi connectivity index (χ1n) is 7.02. The monoisotopic (exact) mass is 272 g/mol. The third kappa shape index (κ3) is 2.33. The lowest BCUT2D eigenvalue weighted by molar-refractivity contribution is 0.452. The van der Waals surface area contributed by atoms with E-state index in [9.17, 15) is 0 Å². The number of thiophene rings is 1. The van der Waals surface area contributed by atoms with Crippen LogP contribution in [0.25, 0.3) is 0 Å². The molecule has 0 saturated carbocycles. The van der Waals surface area contributed by atoms with Gasteiger partial charge in [0.25, 0.3) is 0 Å². The first kappa shape index (κ1) is 12.8. The van der Waals surface area contributed by atoms with Gasteiger partial charge in [-0.3, -0.25) is 4.98 Å². The fourth-order valence-electron chi connectivity index (χ4n) is 3.11. The van der Waals surface area contributed by atoms with Gasteiger partial charge in [0.2, 0.25) is 0 Å². The molecule has 2 heterocycles. The predicted molar refractivity (Wildman–Crippen MR) is 80.8 cm³/mol. The van der Waals surface area contributed by atoms with Crippen LogP contribution in [0.1, 0.15) is 47.0 Å². The smallest absolute Gasteiger partial charge is 0.0502 e. The summed E-state index contributed by atoms with van der Waals surface area (Å²) in [5.41, 5.74) is 4.14. The number of pyridine rings is 1. The first-order chi connectivity index (χ1) is 9.31. The van der Waals surface area contributed by atoms with Crippen molar-refractivity contribution in [1.29, 1.82) is 0 Å². The summed E-state index contributed by atoms with van der Waals surface area (Å²) < 4.78 is 0. The van der Waals surface area contributed by atoms with Crippen LogP contribution in [0.2, 0.25) is 0 Å². The average molecular weight is 272 g/mol. The Bertz CT molecular complexity index is 561. The molecular weight excluding hydrogens is 252 g/mol. The number of aromatic nitrogens is 1. The molecule has 3 rings (SSSR count). The Morgan fingerprint density at radius 1 is 1.47 bits per heavy atom. The van der Waals surface area contributed by atoms with E-state index in [-0.39, 0.29) is 0 Å². The molecule has 100 valence electrons. The molecule has 3 heteroatoms. The zero-order chi connectivity index (χ0) is 13.2. The minimum atomic E-state index is 0.418. The van der Waals surface area contributed by atoms with Crippen molar-refractivity contribution in [3.05, 3.63) is 51.5 Å². The van der Waals surface area contributed by atoms with Crippen molar-refractivity contribution in [2.75, 3.05) is 6.54 Å². The Morgan fingerprint density at radius 2 is 2.37 bits per heavy atom. The van der Waals surface area contributed by atoms with Crippen molar-refractivity contribution in [2.24, 2.45) is 0 Å². The van der Waals surface area contributed by atoms with Crippen molar-refractivity contribution in [1.82, 2.24) is 10.3 Å². The van der Waals surface area contributed by atoms with Crippen LogP contribution in [0.5, 0.6) is 0 Å². The van der Waals surface area contributed by atoms with Crippen molar-refractivity contribution in [3.8, 4) is 0 Å². The lowest BCUT2D eigenvalue weighted by Gasteiger charge is -2.24. The van der Waals surface area contributed by atoms with Crippen LogP contribution in [0, 0.1) is 6.92 Å². The maximum absolute atomic E-state index is 4.65. The zero-order valence-corrected chi connectivity index (χ0v) is 12.3. The predicted octanol–water partition coefficient (Wildman–Crippen LogP) is 3.83. The van der Waals surface area contributed by atoms with Gasteiger partial charge < -0.3 is 5.32 Å². The Balaban J connectivity index is 1.96. The third-order valence-corrected chi connectivity index (χ3v) is 5.11. The second-order valence-electron chi connectivity index (χ2n) is 5.20. The fourth-order valence-corrected chi connectivity index (χ4v) is 4.18. The van der Waals surface area contributed by atoms with Gasteiger partial charge in [0.1, 0.15) is 0 Å². The lowest BCUT2D eigenvalue weighted by Crippen LogP contribution is -2.26. The average Bonchev–Trinajstić information content (AvgIpc) is 3.03. The summed E-state index contributed by atoms with van der Waals surface area (Å²) in [7, 11) is 0. The lowest BCUT2D eigenvalue weighted by atomic mass is 9.94. The molecule has 0 aromatic carbocycles. The highest BCUT2D eigenvalue weighted by molar-refractivity contribution is 7.10. The Kier molecular flexibility index (Phi) is 3.67. The van der Waals surface area contributed by atoms with Crippen molar-refractivity contribution >= 4 is 11.3 Å². The maximum Gasteiger partial charge on any atom is 0.0502 e. The molecule has 0 saturated heterocycles. The van der Waals surface area contributed by atoms with E-state index in [0.29, 0.717) is 12.0 Å². The van der Waals surface area contributed by atoms with E-state index < -0.39 is 0 Å². The van der Waals surface area contributed by atoms with E-state index in [0.717, 1.165) is 6.54 Å². The topological polar surface area (TPSA) is 24.9 Å². The van der Waals surface area contributed by atoms with Crippen molar-refractivity contribution in [2.45, 2.75) is 38.6 Å². The first-order valence-corrected chi connectivity index (χ1v) is 7.90. The fraction of sp³-hybridized carbons (Fsp3) is 0.438. The number of hydrogen-bond donors (Lipinski definition) is 1. The van der Waals surface area contributed by atoms with Gasteiger partial charge in [-0.1, -0.05) is 13.0 Å². The van der Waals surface area contributed by atoms with Crippen LogP contribution in [0.4, 0.5) is 0 Å². The van der Waals surface area contributed by atoms with Gasteiger partial charge in [-0.25, -0.2) is 0 Å². The highest BCUT2D eigenvalue weighted by Gasteiger charge is 2.32. The largest absolute Gasteiger partial charge is 0.309 e. The normalized spacial score (nSPS) is 19.4. The molecular formula is C16H20N2S. The summed E-state index contributed by atoms with van der Waals surface area (Å²) in [6, 6.07) is 6.92. The van der Waals surface area contributed by atoms with Crippen molar-refractivity contribution < 1.29 is 0 Å². The van der Waals surface area contributed by atoms with Crippen LogP contribution in [-0.2, 0) is 6.42 Å². The molecule has 2 unspecified atom stereocenters. The van der Waals surface area contributed by atoms with Crippen LogP contribution in [-0.4, -0.2) is 11.5 Å². The Morgan fingerprint density at radius 3 is 3.11 bits per heavy atom. The van der Waals surface area contributed by atoms with Gasteiger partial charge in [-0.15, -0.1) is 11.3 Å². The minimum Gasteiger partial charge on any atom is -0.309 e. The van der Waals surface area contributed by atoms with E-state index in [4.69, 9.17) is 0 Å². The number of hydrogen-bond acceptors (Lipinski definition) is 3. The molecule has 2 aromatic heterocycles. The number of fused-ring (bicyclic) bond motifs is 1. The summed E-state index contributed by atoms with van der Waals surface area (Å²) in [5.74, 6) is 0.522. The number of nitrogens with zero attached hydrogens (tertiary/aromatic N) is 1. The molecule has 0 radical (unpaired) electrons. The Hall–Kier alpha value is -1.19. The highest BCUT2D eigenvalue weighted by atomic mass is 32.1. The SMILES string of the molecule is CCNC(c1sccc1C)C1CCc2cccnc21. The quantitative estimate of drug-likeness (QED) is 0.915. The summed E-state index contributed by atoms with van der Waals surface area (Å²) in [4.78, 5) is 6.13. The van der Waals surface area contributed by atoms with Crippen LogP contribution in [0.15, 0.2) is 29.8 Å². The number of nitrogens with one attached hydrogen (secondary N) is 1. The highest BCUT2D eigenvalue weighted by Crippen LogP contribution is 2.42. The van der Waals surface area contributed by atoms with Gasteiger partial charge in [0.15, 0.2) is 0 Å². The number of rotatable bonds is 4. The summed E-state index contributed by atoms with van der Waals surface area (Å²) in [5, 5.41) is 5.88. The maximum atomic E-state index is 4.65. The van der Waals surface area contributed by atoms with Gasteiger partial charge in [0.05, 0.1) is 6.04 Å². The van der Waals surface area contributed by atoms with E-state index in [1.54, 1.807) is 0 Å². The molecule has 0 bridgehead atoms. The van der Waals surface area contributed by atoms with Gasteiger partial charge in [-0.2, -0.15) is 0 Å². The molecule has 2 atom stereocenters. The molecule has 0 amide bonds. The molecule has 2 nitrogen and oxygen atoms in total. The van der Waals surface area contributed by atoms with E-state index in [2.05, 4.69) is 47.7 Å².